The number of benzene rings is 1. The third kappa shape index (κ3) is 1.25. The Bertz CT molecular complexity index is 488. The molecule has 4 N–H and O–H groups in total. The molecule has 4 nitrogen and oxygen atoms in total. The number of H-pyrrole nitrogens is 1. The number of nitrogens with two attached hydrogens (primary N) is 1. The van der Waals surface area contributed by atoms with E-state index in [-0.39, 0.29) is 18.1 Å². The lowest BCUT2D eigenvalue weighted by Gasteiger charge is -1.92. The summed E-state index contributed by atoms with van der Waals surface area (Å²) in [6.45, 7) is -0.0341. The van der Waals surface area contributed by atoms with Gasteiger partial charge in [-0.05, 0) is 12.1 Å². The Morgan fingerprint density at radius 1 is 1.50 bits per heavy atom. The minimum absolute atomic E-state index is 0.0341. The van der Waals surface area contributed by atoms with Crippen LogP contribution in [0.15, 0.2) is 24.3 Å². The maximum atomic E-state index is 11.3. The zero-order valence-electron chi connectivity index (χ0n) is 7.45. The van der Waals surface area contributed by atoms with Crippen molar-refractivity contribution in [3.63, 3.8) is 0 Å². The molecule has 0 atom stereocenters. The molecule has 0 saturated heterocycles. The predicted molar refractivity (Wildman–Crippen MR) is 53.3 cm³/mol. The Morgan fingerprint density at radius 2 is 2.29 bits per heavy atom. The summed E-state index contributed by atoms with van der Waals surface area (Å²) in [4.78, 5) is 14.1. The lowest BCUT2D eigenvalue weighted by Crippen LogP contribution is -2.13. The summed E-state index contributed by atoms with van der Waals surface area (Å²) in [5, 5.41) is 10.3. The molecule has 0 unspecified atom stereocenters. The number of nitrogens with one attached hydrogen (secondary N) is 1. The number of ketones is 1. The van der Waals surface area contributed by atoms with Gasteiger partial charge in [0.1, 0.15) is 5.75 Å². The monoisotopic (exact) mass is 190 g/mol. The van der Waals surface area contributed by atoms with Crippen LogP contribution in [-0.2, 0) is 0 Å². The highest BCUT2D eigenvalue weighted by molar-refractivity contribution is 6.01. The Morgan fingerprint density at radius 3 is 2.93 bits per heavy atom. The summed E-state index contributed by atoms with van der Waals surface area (Å²) in [5.41, 5.74) is 6.24. The molecule has 1 heterocycles. The summed E-state index contributed by atoms with van der Waals surface area (Å²) in [6, 6.07) is 6.79. The molecule has 1 aromatic heterocycles. The van der Waals surface area contributed by atoms with Crippen molar-refractivity contribution >= 4 is 16.7 Å². The van der Waals surface area contributed by atoms with Gasteiger partial charge in [-0.2, -0.15) is 0 Å². The van der Waals surface area contributed by atoms with Crippen LogP contribution in [0, 0.1) is 0 Å². The quantitative estimate of drug-likeness (QED) is 0.618. The number of rotatable bonds is 2. The number of phenols is 1. The first-order valence-electron chi connectivity index (χ1n) is 4.26. The number of aromatic hydroxyl groups is 1. The summed E-state index contributed by atoms with van der Waals surface area (Å²) < 4.78 is 0. The van der Waals surface area contributed by atoms with Crippen LogP contribution in [0.1, 0.15) is 10.5 Å². The standard InChI is InChI=1S/C10H10N2O2/c11-5-9(14)7-4-6-2-1-3-8(13)10(6)12-7/h1-4,12-13H,5,11H2. The van der Waals surface area contributed by atoms with Gasteiger partial charge in [0.15, 0.2) is 5.78 Å². The van der Waals surface area contributed by atoms with Gasteiger partial charge in [0.05, 0.1) is 17.8 Å². The highest BCUT2D eigenvalue weighted by atomic mass is 16.3. The van der Waals surface area contributed by atoms with Gasteiger partial charge in [-0.1, -0.05) is 12.1 Å². The zero-order valence-corrected chi connectivity index (χ0v) is 7.45. The smallest absolute Gasteiger partial charge is 0.192 e. The molecule has 1 aromatic carbocycles. The van der Waals surface area contributed by atoms with E-state index in [0.717, 1.165) is 5.39 Å². The van der Waals surface area contributed by atoms with E-state index < -0.39 is 0 Å². The number of phenolic OH excluding ortho intramolecular Hbond substituents is 1. The van der Waals surface area contributed by atoms with Crippen molar-refractivity contribution in [3.05, 3.63) is 30.0 Å². The highest BCUT2D eigenvalue weighted by Gasteiger charge is 2.09. The Hall–Kier alpha value is -1.81. The van der Waals surface area contributed by atoms with Gasteiger partial charge in [0.2, 0.25) is 0 Å². The van der Waals surface area contributed by atoms with Crippen molar-refractivity contribution in [2.45, 2.75) is 0 Å². The average Bonchev–Trinajstić information content (AvgIpc) is 2.62. The van der Waals surface area contributed by atoms with Gasteiger partial charge in [-0.25, -0.2) is 0 Å². The topological polar surface area (TPSA) is 79.1 Å². The molecule has 14 heavy (non-hydrogen) atoms. The first kappa shape index (κ1) is 8.77. The van der Waals surface area contributed by atoms with E-state index in [0.29, 0.717) is 11.2 Å². The van der Waals surface area contributed by atoms with Crippen LogP contribution in [-0.4, -0.2) is 22.4 Å². The largest absolute Gasteiger partial charge is 0.506 e. The number of carbonyl (C=O) groups is 1. The Labute approximate surface area is 80.3 Å². The molecule has 0 spiro atoms. The van der Waals surface area contributed by atoms with Crippen LogP contribution in [0.2, 0.25) is 0 Å². The number of aromatic nitrogens is 1. The van der Waals surface area contributed by atoms with Gasteiger partial charge < -0.3 is 15.8 Å². The molecule has 0 aliphatic rings. The zero-order chi connectivity index (χ0) is 10.1. The van der Waals surface area contributed by atoms with Crippen molar-refractivity contribution in [3.8, 4) is 5.75 Å². The fraction of sp³-hybridized carbons (Fsp3) is 0.100. The van der Waals surface area contributed by atoms with Gasteiger partial charge in [0.25, 0.3) is 0 Å². The lowest BCUT2D eigenvalue weighted by atomic mass is 10.2. The first-order chi connectivity index (χ1) is 6.72. The van der Waals surface area contributed by atoms with Crippen LogP contribution in [0.5, 0.6) is 5.75 Å². The van der Waals surface area contributed by atoms with Crippen LogP contribution < -0.4 is 5.73 Å². The molecule has 72 valence electrons. The third-order valence-electron chi connectivity index (χ3n) is 2.12. The predicted octanol–water partition coefficient (Wildman–Crippen LogP) is 1.01. The number of Topliss-reactive ketones (excluding diaryl/α,β-unsaturated/α-hetero) is 1. The molecular weight excluding hydrogens is 180 g/mol. The van der Waals surface area contributed by atoms with E-state index in [1.165, 1.54) is 0 Å². The molecule has 2 aromatic rings. The minimum atomic E-state index is -0.166. The second-order valence-electron chi connectivity index (χ2n) is 3.05. The summed E-state index contributed by atoms with van der Waals surface area (Å²) in [5.74, 6) is -0.0285. The number of hydrogen-bond donors (Lipinski definition) is 3. The number of aromatic amines is 1. The number of para-hydroxylation sites is 1. The van der Waals surface area contributed by atoms with E-state index in [1.807, 2.05) is 6.07 Å². The number of fused-ring (bicyclic) bond motifs is 1. The van der Waals surface area contributed by atoms with Gasteiger partial charge >= 0.3 is 0 Å². The minimum Gasteiger partial charge on any atom is -0.506 e. The van der Waals surface area contributed by atoms with Crippen molar-refractivity contribution in [1.82, 2.24) is 4.98 Å². The highest BCUT2D eigenvalue weighted by Crippen LogP contribution is 2.24. The molecule has 0 aliphatic heterocycles. The van der Waals surface area contributed by atoms with Crippen molar-refractivity contribution in [2.24, 2.45) is 5.73 Å². The fourth-order valence-electron chi connectivity index (χ4n) is 1.40. The van der Waals surface area contributed by atoms with Gasteiger partial charge in [-0.15, -0.1) is 0 Å². The first-order valence-corrected chi connectivity index (χ1v) is 4.26. The Balaban J connectivity index is 2.62. The molecule has 0 amide bonds. The summed E-state index contributed by atoms with van der Waals surface area (Å²) >= 11 is 0. The molecule has 4 heteroatoms. The van der Waals surface area contributed by atoms with E-state index >= 15 is 0 Å². The van der Waals surface area contributed by atoms with Gasteiger partial charge in [-0.3, -0.25) is 4.79 Å². The lowest BCUT2D eigenvalue weighted by molar-refractivity contribution is 0.0997. The average molecular weight is 190 g/mol. The second kappa shape index (κ2) is 3.16. The van der Waals surface area contributed by atoms with Crippen LogP contribution in [0.3, 0.4) is 0 Å². The number of hydrogen-bond acceptors (Lipinski definition) is 3. The molecule has 0 saturated carbocycles. The van der Waals surface area contributed by atoms with E-state index in [1.54, 1.807) is 18.2 Å². The van der Waals surface area contributed by atoms with Crippen molar-refractivity contribution < 1.29 is 9.90 Å². The van der Waals surface area contributed by atoms with Crippen LogP contribution in [0.25, 0.3) is 10.9 Å². The SMILES string of the molecule is NCC(=O)c1cc2cccc(O)c2[nH]1. The van der Waals surface area contributed by atoms with Crippen molar-refractivity contribution in [1.29, 1.82) is 0 Å². The van der Waals surface area contributed by atoms with E-state index in [9.17, 15) is 9.90 Å². The third-order valence-corrected chi connectivity index (χ3v) is 2.12. The van der Waals surface area contributed by atoms with Gasteiger partial charge in [0, 0.05) is 5.39 Å². The fourth-order valence-corrected chi connectivity index (χ4v) is 1.40. The number of carbonyl (C=O) groups excluding carboxylic acids is 1. The molecule has 0 bridgehead atoms. The van der Waals surface area contributed by atoms with Crippen molar-refractivity contribution in [2.75, 3.05) is 6.54 Å². The van der Waals surface area contributed by atoms with Crippen LogP contribution in [0.4, 0.5) is 0 Å². The van der Waals surface area contributed by atoms with E-state index in [4.69, 9.17) is 5.73 Å². The molecule has 0 radical (unpaired) electrons. The molecule has 2 rings (SSSR count). The molecule has 0 fully saturated rings. The van der Waals surface area contributed by atoms with Crippen LogP contribution >= 0.6 is 0 Å². The molecular formula is C10H10N2O2. The second-order valence-corrected chi connectivity index (χ2v) is 3.05. The normalized spacial score (nSPS) is 10.6. The maximum absolute atomic E-state index is 11.3. The van der Waals surface area contributed by atoms with E-state index in [2.05, 4.69) is 4.98 Å². The summed E-state index contributed by atoms with van der Waals surface area (Å²) in [6.07, 6.45) is 0. The molecule has 0 aliphatic carbocycles. The maximum Gasteiger partial charge on any atom is 0.192 e. The summed E-state index contributed by atoms with van der Waals surface area (Å²) in [7, 11) is 0. The Kier molecular flexibility index (Phi) is 1.98.